The van der Waals surface area contributed by atoms with E-state index < -0.39 is 0 Å². The van der Waals surface area contributed by atoms with Crippen LogP contribution in [0.4, 0.5) is 0 Å². The highest BCUT2D eigenvalue weighted by Gasteiger charge is 2.30. The zero-order valence-electron chi connectivity index (χ0n) is 14.4. The molecule has 1 fully saturated rings. The van der Waals surface area contributed by atoms with E-state index in [0.717, 1.165) is 31.2 Å². The Morgan fingerprint density at radius 3 is 2.81 bits per heavy atom. The summed E-state index contributed by atoms with van der Waals surface area (Å²) in [7, 11) is 0. The van der Waals surface area contributed by atoms with Crippen molar-refractivity contribution >= 4 is 5.91 Å². The fourth-order valence-electron chi connectivity index (χ4n) is 3.33. The Labute approximate surface area is 151 Å². The first-order chi connectivity index (χ1) is 12.8. The van der Waals surface area contributed by atoms with Crippen LogP contribution in [0.2, 0.25) is 0 Å². The summed E-state index contributed by atoms with van der Waals surface area (Å²) in [4.78, 5) is 19.3. The Morgan fingerprint density at radius 1 is 1.12 bits per heavy atom. The summed E-state index contributed by atoms with van der Waals surface area (Å²) in [6.45, 7) is 0.691. The number of benzene rings is 1. The molecule has 2 aromatic heterocycles. The van der Waals surface area contributed by atoms with Gasteiger partial charge in [-0.1, -0.05) is 41.4 Å². The lowest BCUT2D eigenvalue weighted by Gasteiger charge is -2.27. The normalized spacial score (nSPS) is 17.8. The SMILES string of the molecule is O=C(Cc1ccon1)N1CCCCCC1c1noc(-c2ccccc2)n1. The minimum Gasteiger partial charge on any atom is -0.364 e. The molecule has 1 unspecified atom stereocenters. The van der Waals surface area contributed by atoms with E-state index >= 15 is 0 Å². The maximum Gasteiger partial charge on any atom is 0.257 e. The topological polar surface area (TPSA) is 85.3 Å². The van der Waals surface area contributed by atoms with Crippen molar-refractivity contribution in [2.24, 2.45) is 0 Å². The highest BCUT2D eigenvalue weighted by molar-refractivity contribution is 5.78. The van der Waals surface area contributed by atoms with E-state index in [1.807, 2.05) is 35.2 Å². The third kappa shape index (κ3) is 3.51. The molecular formula is C19H20N4O3. The first kappa shape index (κ1) is 16.5. The number of hydrogen-bond acceptors (Lipinski definition) is 6. The van der Waals surface area contributed by atoms with Gasteiger partial charge in [-0.05, 0) is 25.0 Å². The number of carbonyl (C=O) groups excluding carboxylic acids is 1. The van der Waals surface area contributed by atoms with Crippen molar-refractivity contribution in [2.75, 3.05) is 6.54 Å². The second kappa shape index (κ2) is 7.51. The fraction of sp³-hybridized carbons (Fsp3) is 0.368. The number of carbonyl (C=O) groups is 1. The summed E-state index contributed by atoms with van der Waals surface area (Å²) in [5, 5.41) is 8.02. The molecule has 3 heterocycles. The van der Waals surface area contributed by atoms with Gasteiger partial charge >= 0.3 is 0 Å². The average Bonchev–Trinajstić information content (AvgIpc) is 3.30. The largest absolute Gasteiger partial charge is 0.364 e. The van der Waals surface area contributed by atoms with Crippen molar-refractivity contribution in [2.45, 2.75) is 38.1 Å². The van der Waals surface area contributed by atoms with Gasteiger partial charge in [0.2, 0.25) is 5.91 Å². The summed E-state index contributed by atoms with van der Waals surface area (Å²) < 4.78 is 10.3. The van der Waals surface area contributed by atoms with Gasteiger partial charge in [-0.25, -0.2) is 0 Å². The number of amides is 1. The summed E-state index contributed by atoms with van der Waals surface area (Å²) >= 11 is 0. The molecule has 1 amide bonds. The molecule has 0 bridgehead atoms. The van der Waals surface area contributed by atoms with Gasteiger partial charge in [-0.2, -0.15) is 4.98 Å². The van der Waals surface area contributed by atoms with Crippen LogP contribution in [0.25, 0.3) is 11.5 Å². The first-order valence-corrected chi connectivity index (χ1v) is 8.89. The minimum atomic E-state index is -0.168. The zero-order valence-corrected chi connectivity index (χ0v) is 14.4. The summed E-state index contributed by atoms with van der Waals surface area (Å²) in [5.74, 6) is 1.06. The molecule has 134 valence electrons. The van der Waals surface area contributed by atoms with Crippen molar-refractivity contribution in [3.63, 3.8) is 0 Å². The molecule has 1 aromatic carbocycles. The second-order valence-corrected chi connectivity index (χ2v) is 6.44. The van der Waals surface area contributed by atoms with E-state index in [1.165, 1.54) is 6.26 Å². The van der Waals surface area contributed by atoms with E-state index in [9.17, 15) is 4.79 Å². The lowest BCUT2D eigenvalue weighted by atomic mass is 10.1. The molecule has 0 aliphatic carbocycles. The van der Waals surface area contributed by atoms with Crippen LogP contribution < -0.4 is 0 Å². The van der Waals surface area contributed by atoms with E-state index in [-0.39, 0.29) is 18.4 Å². The van der Waals surface area contributed by atoms with Gasteiger partial charge in [0, 0.05) is 18.2 Å². The fourth-order valence-corrected chi connectivity index (χ4v) is 3.33. The van der Waals surface area contributed by atoms with E-state index in [2.05, 4.69) is 15.3 Å². The van der Waals surface area contributed by atoms with Crippen LogP contribution >= 0.6 is 0 Å². The average molecular weight is 352 g/mol. The third-order valence-electron chi connectivity index (χ3n) is 4.66. The number of aromatic nitrogens is 3. The number of nitrogens with zero attached hydrogens (tertiary/aromatic N) is 4. The monoisotopic (exact) mass is 352 g/mol. The highest BCUT2D eigenvalue weighted by atomic mass is 16.5. The molecule has 7 heteroatoms. The van der Waals surface area contributed by atoms with Crippen molar-refractivity contribution in [3.05, 3.63) is 54.2 Å². The summed E-state index contributed by atoms with van der Waals surface area (Å²) in [6, 6.07) is 11.2. The van der Waals surface area contributed by atoms with Gasteiger partial charge < -0.3 is 13.9 Å². The van der Waals surface area contributed by atoms with Gasteiger partial charge in [0.1, 0.15) is 6.26 Å². The molecular weight excluding hydrogens is 332 g/mol. The molecule has 1 aliphatic heterocycles. The molecule has 3 aromatic rings. The lowest BCUT2D eigenvalue weighted by molar-refractivity contribution is -0.133. The zero-order chi connectivity index (χ0) is 17.8. The molecule has 0 spiro atoms. The Balaban J connectivity index is 1.57. The third-order valence-corrected chi connectivity index (χ3v) is 4.66. The van der Waals surface area contributed by atoms with Crippen LogP contribution in [0.5, 0.6) is 0 Å². The second-order valence-electron chi connectivity index (χ2n) is 6.44. The standard InChI is InChI=1S/C19H20N4O3/c24-17(13-15-10-12-25-21-15)23-11-6-2-5-9-16(23)18-20-19(26-22-18)14-7-3-1-4-8-14/h1,3-4,7-8,10,12,16H,2,5-6,9,11,13H2. The van der Waals surface area contributed by atoms with E-state index in [0.29, 0.717) is 24.0 Å². The molecule has 4 rings (SSSR count). The summed E-state index contributed by atoms with van der Waals surface area (Å²) in [5.41, 5.74) is 1.51. The molecule has 0 N–H and O–H groups in total. The van der Waals surface area contributed by atoms with Crippen LogP contribution in [0, 0.1) is 0 Å². The quantitative estimate of drug-likeness (QED) is 0.715. The molecule has 1 aliphatic rings. The van der Waals surface area contributed by atoms with Crippen molar-refractivity contribution in [1.82, 2.24) is 20.2 Å². The highest BCUT2D eigenvalue weighted by Crippen LogP contribution is 2.30. The Morgan fingerprint density at radius 2 is 2.00 bits per heavy atom. The molecule has 26 heavy (non-hydrogen) atoms. The van der Waals surface area contributed by atoms with Gasteiger partial charge in [-0.15, -0.1) is 0 Å². The molecule has 7 nitrogen and oxygen atoms in total. The van der Waals surface area contributed by atoms with Crippen LogP contribution in [-0.2, 0) is 11.2 Å². The Hall–Kier alpha value is -2.96. The molecule has 0 radical (unpaired) electrons. The predicted molar refractivity (Wildman–Crippen MR) is 92.9 cm³/mol. The van der Waals surface area contributed by atoms with Gasteiger partial charge in [0.05, 0.1) is 18.2 Å². The maximum absolute atomic E-state index is 12.8. The van der Waals surface area contributed by atoms with Gasteiger partial charge in [0.15, 0.2) is 5.82 Å². The molecule has 0 saturated carbocycles. The van der Waals surface area contributed by atoms with Gasteiger partial charge in [-0.3, -0.25) is 4.79 Å². The van der Waals surface area contributed by atoms with Crippen LogP contribution in [0.1, 0.15) is 43.2 Å². The van der Waals surface area contributed by atoms with Crippen molar-refractivity contribution in [3.8, 4) is 11.5 Å². The number of hydrogen-bond donors (Lipinski definition) is 0. The first-order valence-electron chi connectivity index (χ1n) is 8.89. The van der Waals surface area contributed by atoms with Crippen molar-refractivity contribution < 1.29 is 13.8 Å². The predicted octanol–water partition coefficient (Wildman–Crippen LogP) is 3.41. The van der Waals surface area contributed by atoms with Crippen LogP contribution in [0.3, 0.4) is 0 Å². The van der Waals surface area contributed by atoms with Gasteiger partial charge in [0.25, 0.3) is 5.89 Å². The number of rotatable bonds is 4. The number of likely N-dealkylation sites (tertiary alicyclic amines) is 1. The van der Waals surface area contributed by atoms with Crippen LogP contribution in [0.15, 0.2) is 51.7 Å². The maximum atomic E-state index is 12.8. The Bertz CT molecular complexity index is 845. The smallest absolute Gasteiger partial charge is 0.257 e. The Kier molecular flexibility index (Phi) is 4.77. The molecule has 1 saturated heterocycles. The van der Waals surface area contributed by atoms with Crippen molar-refractivity contribution in [1.29, 1.82) is 0 Å². The van der Waals surface area contributed by atoms with Crippen LogP contribution in [-0.4, -0.2) is 32.6 Å². The minimum absolute atomic E-state index is 0.0110. The summed E-state index contributed by atoms with van der Waals surface area (Å²) in [6.07, 6.45) is 5.63. The van der Waals surface area contributed by atoms with E-state index in [1.54, 1.807) is 6.07 Å². The van der Waals surface area contributed by atoms with E-state index in [4.69, 9.17) is 9.05 Å². The lowest BCUT2D eigenvalue weighted by Crippen LogP contribution is -2.36. The molecule has 1 atom stereocenters.